The smallest absolute Gasteiger partial charge is 0.306 e. The Balaban J connectivity index is 2.49. The van der Waals surface area contributed by atoms with Crippen LogP contribution in [0.15, 0.2) is 12.1 Å². The van der Waals surface area contributed by atoms with Gasteiger partial charge in [-0.15, -0.1) is 0 Å². The number of methoxy groups -OCH3 is 1. The van der Waals surface area contributed by atoms with Crippen LogP contribution < -0.4 is 4.74 Å². The van der Waals surface area contributed by atoms with Crippen molar-refractivity contribution in [3.8, 4) is 5.75 Å². The van der Waals surface area contributed by atoms with Crippen molar-refractivity contribution in [3.05, 3.63) is 23.5 Å². The maximum absolute atomic E-state index is 12.9. The van der Waals surface area contributed by atoms with Crippen molar-refractivity contribution in [2.45, 2.75) is 58.8 Å². The molecule has 1 rings (SSSR count). The van der Waals surface area contributed by atoms with Crippen molar-refractivity contribution in [2.24, 2.45) is 0 Å². The highest BCUT2D eigenvalue weighted by Gasteiger charge is 2.18. The molecular weight excluding hydrogens is 512 g/mol. The molecule has 39 heavy (non-hydrogen) atoms. The molecule has 1 amide bonds. The summed E-state index contributed by atoms with van der Waals surface area (Å²) < 4.78 is 32.3. The number of amides is 1. The molecule has 0 saturated heterocycles. The molecule has 1 aromatic rings. The number of rotatable bonds is 22. The number of aliphatic hydroxyl groups excluding tert-OH is 2. The SMILES string of the molecule is COCCOCCOCCOCCC(=O)N(CCCC(=O)OC(C)(C)C)CCOc1cc(CO)nc(CO)c1. The van der Waals surface area contributed by atoms with Gasteiger partial charge in [-0.25, -0.2) is 0 Å². The Hall–Kier alpha value is -2.35. The summed E-state index contributed by atoms with van der Waals surface area (Å²) in [5, 5.41) is 18.7. The molecule has 1 heterocycles. The van der Waals surface area contributed by atoms with E-state index >= 15 is 0 Å². The van der Waals surface area contributed by atoms with Crippen molar-refractivity contribution < 1.29 is 48.2 Å². The van der Waals surface area contributed by atoms with E-state index in [4.69, 9.17) is 28.4 Å². The van der Waals surface area contributed by atoms with Gasteiger partial charge in [0.2, 0.25) is 5.91 Å². The van der Waals surface area contributed by atoms with Crippen molar-refractivity contribution in [2.75, 3.05) is 73.1 Å². The molecule has 0 spiro atoms. The number of aromatic nitrogens is 1. The number of carbonyl (C=O) groups excluding carboxylic acids is 2. The number of aliphatic hydroxyl groups is 2. The van der Waals surface area contributed by atoms with Gasteiger partial charge in [-0.3, -0.25) is 14.6 Å². The van der Waals surface area contributed by atoms with Crippen LogP contribution in [0.1, 0.15) is 51.4 Å². The largest absolute Gasteiger partial charge is 0.492 e. The third-order valence-electron chi connectivity index (χ3n) is 5.08. The summed E-state index contributed by atoms with van der Waals surface area (Å²) in [6.45, 7) is 8.66. The molecule has 1 aromatic heterocycles. The fourth-order valence-corrected chi connectivity index (χ4v) is 3.31. The Morgan fingerprint density at radius 2 is 1.38 bits per heavy atom. The summed E-state index contributed by atoms with van der Waals surface area (Å²) in [6.07, 6.45) is 0.806. The average molecular weight is 559 g/mol. The molecule has 0 aliphatic rings. The van der Waals surface area contributed by atoms with Crippen LogP contribution in [0, 0.1) is 0 Å². The summed E-state index contributed by atoms with van der Waals surface area (Å²) in [7, 11) is 1.62. The summed E-state index contributed by atoms with van der Waals surface area (Å²) in [6, 6.07) is 3.16. The van der Waals surface area contributed by atoms with Gasteiger partial charge >= 0.3 is 5.97 Å². The van der Waals surface area contributed by atoms with Gasteiger partial charge < -0.3 is 43.5 Å². The molecule has 0 saturated carbocycles. The summed E-state index contributed by atoms with van der Waals surface area (Å²) >= 11 is 0. The number of nitrogens with zero attached hydrogens (tertiary/aromatic N) is 2. The topological polar surface area (TPSA) is 146 Å². The van der Waals surface area contributed by atoms with E-state index < -0.39 is 5.60 Å². The van der Waals surface area contributed by atoms with E-state index in [0.717, 1.165) is 0 Å². The number of hydrogen-bond acceptors (Lipinski definition) is 11. The lowest BCUT2D eigenvalue weighted by Gasteiger charge is -2.24. The van der Waals surface area contributed by atoms with Crippen LogP contribution in [0.2, 0.25) is 0 Å². The molecule has 0 aliphatic heterocycles. The van der Waals surface area contributed by atoms with Crippen LogP contribution in [0.5, 0.6) is 5.75 Å². The Morgan fingerprint density at radius 1 is 0.821 bits per heavy atom. The second kappa shape index (κ2) is 20.5. The normalized spacial score (nSPS) is 11.4. The number of esters is 1. The quantitative estimate of drug-likeness (QED) is 0.158. The highest BCUT2D eigenvalue weighted by atomic mass is 16.6. The Morgan fingerprint density at radius 3 is 1.92 bits per heavy atom. The highest BCUT2D eigenvalue weighted by Crippen LogP contribution is 2.15. The van der Waals surface area contributed by atoms with Gasteiger partial charge in [-0.1, -0.05) is 0 Å². The minimum atomic E-state index is -0.566. The first-order valence-electron chi connectivity index (χ1n) is 13.2. The van der Waals surface area contributed by atoms with Crippen LogP contribution in [-0.4, -0.2) is 111 Å². The molecule has 12 heteroatoms. The second-order valence-corrected chi connectivity index (χ2v) is 9.60. The zero-order chi connectivity index (χ0) is 28.9. The van der Waals surface area contributed by atoms with Gasteiger partial charge in [-0.05, 0) is 27.2 Å². The zero-order valence-corrected chi connectivity index (χ0v) is 23.8. The molecule has 0 bridgehead atoms. The molecule has 12 nitrogen and oxygen atoms in total. The van der Waals surface area contributed by atoms with Crippen molar-refractivity contribution in [3.63, 3.8) is 0 Å². The van der Waals surface area contributed by atoms with Crippen molar-refractivity contribution >= 4 is 11.9 Å². The Kier molecular flexibility index (Phi) is 18.3. The van der Waals surface area contributed by atoms with Crippen LogP contribution >= 0.6 is 0 Å². The van der Waals surface area contributed by atoms with E-state index in [1.165, 1.54) is 0 Å². The zero-order valence-electron chi connectivity index (χ0n) is 23.8. The first-order valence-corrected chi connectivity index (χ1v) is 13.2. The minimum absolute atomic E-state index is 0.128. The second-order valence-electron chi connectivity index (χ2n) is 9.60. The van der Waals surface area contributed by atoms with E-state index in [0.29, 0.717) is 69.7 Å². The molecule has 0 unspecified atom stereocenters. The minimum Gasteiger partial charge on any atom is -0.492 e. The fourth-order valence-electron chi connectivity index (χ4n) is 3.31. The van der Waals surface area contributed by atoms with E-state index in [1.807, 2.05) is 20.8 Å². The maximum atomic E-state index is 12.9. The molecular formula is C27H46N2O10. The summed E-state index contributed by atoms with van der Waals surface area (Å²) in [5.41, 5.74) is 0.187. The van der Waals surface area contributed by atoms with Crippen LogP contribution in [0.25, 0.3) is 0 Å². The van der Waals surface area contributed by atoms with Crippen LogP contribution in [0.3, 0.4) is 0 Å². The van der Waals surface area contributed by atoms with Gasteiger partial charge in [0.25, 0.3) is 0 Å². The molecule has 0 aliphatic carbocycles. The standard InChI is InChI=1S/C27H46N2O10/c1-27(2,3)39-26(33)6-5-8-29(9-11-38-24-18-22(20-30)28-23(19-24)21-31)25(32)7-10-35-14-15-37-17-16-36-13-12-34-4/h18-19,30-31H,5-17,20-21H2,1-4H3. The van der Waals surface area contributed by atoms with Gasteiger partial charge in [0, 0.05) is 32.2 Å². The molecule has 0 radical (unpaired) electrons. The Bertz CT molecular complexity index is 794. The van der Waals surface area contributed by atoms with E-state index in [1.54, 1.807) is 24.1 Å². The van der Waals surface area contributed by atoms with E-state index in [2.05, 4.69) is 4.98 Å². The van der Waals surface area contributed by atoms with Crippen LogP contribution in [-0.2, 0) is 46.5 Å². The summed E-state index contributed by atoms with van der Waals surface area (Å²) in [4.78, 5) is 30.7. The summed E-state index contributed by atoms with van der Waals surface area (Å²) in [5.74, 6) is -0.00723. The first-order chi connectivity index (χ1) is 18.7. The number of hydrogen-bond donors (Lipinski definition) is 2. The van der Waals surface area contributed by atoms with Crippen molar-refractivity contribution in [1.82, 2.24) is 9.88 Å². The number of pyridine rings is 1. The molecule has 2 N–H and O–H groups in total. The monoisotopic (exact) mass is 558 g/mol. The predicted octanol–water partition coefficient (Wildman–Crippen LogP) is 1.48. The Labute approximate surface area is 231 Å². The van der Waals surface area contributed by atoms with Crippen LogP contribution in [0.4, 0.5) is 0 Å². The lowest BCUT2D eigenvalue weighted by atomic mass is 10.2. The lowest BCUT2D eigenvalue weighted by Crippen LogP contribution is -2.36. The predicted molar refractivity (Wildman–Crippen MR) is 142 cm³/mol. The van der Waals surface area contributed by atoms with Crippen molar-refractivity contribution in [1.29, 1.82) is 0 Å². The number of carbonyl (C=O) groups is 2. The maximum Gasteiger partial charge on any atom is 0.306 e. The fraction of sp³-hybridized carbons (Fsp3) is 0.741. The van der Waals surface area contributed by atoms with E-state index in [9.17, 15) is 19.8 Å². The lowest BCUT2D eigenvalue weighted by molar-refractivity contribution is -0.155. The first kappa shape index (κ1) is 34.7. The van der Waals surface area contributed by atoms with Gasteiger partial charge in [-0.2, -0.15) is 0 Å². The highest BCUT2D eigenvalue weighted by molar-refractivity contribution is 5.76. The molecule has 224 valence electrons. The molecule has 0 atom stereocenters. The number of ether oxygens (including phenoxy) is 6. The third kappa shape index (κ3) is 17.8. The van der Waals surface area contributed by atoms with Gasteiger partial charge in [0.1, 0.15) is 18.0 Å². The molecule has 0 aromatic carbocycles. The van der Waals surface area contributed by atoms with Gasteiger partial charge in [0.05, 0.1) is 83.8 Å². The average Bonchev–Trinajstić information content (AvgIpc) is 2.89. The molecule has 0 fully saturated rings. The van der Waals surface area contributed by atoms with E-state index in [-0.39, 0.29) is 57.7 Å². The third-order valence-corrected chi connectivity index (χ3v) is 5.08. The van der Waals surface area contributed by atoms with Gasteiger partial charge in [0.15, 0.2) is 0 Å².